The zero-order chi connectivity index (χ0) is 25.3. The standard InChI is InChI=1S/C19H36N4O11/c1-5(25)23-11-8(26)4-31-19(14(11)29)34-17-7(21)2-6(20)16(15(17)30)33-18-10(22)13(28)12(27)9(3-24)32-18/h6-19,24,26-30H,2-4,20-22H2,1H3,(H,23,25). The van der Waals surface area contributed by atoms with Crippen LogP contribution in [0.3, 0.4) is 0 Å². The molecule has 0 aromatic heterocycles. The van der Waals surface area contributed by atoms with E-state index < -0.39 is 98.1 Å². The fraction of sp³-hybridized carbons (Fsp3) is 0.947. The molecule has 3 rings (SSSR count). The summed E-state index contributed by atoms with van der Waals surface area (Å²) in [7, 11) is 0. The van der Waals surface area contributed by atoms with Gasteiger partial charge in [0, 0.05) is 19.0 Å². The predicted molar refractivity (Wildman–Crippen MR) is 111 cm³/mol. The van der Waals surface area contributed by atoms with Gasteiger partial charge in [0.05, 0.1) is 25.3 Å². The Labute approximate surface area is 195 Å². The number of rotatable bonds is 6. The van der Waals surface area contributed by atoms with Crippen molar-refractivity contribution in [1.29, 1.82) is 0 Å². The molecule has 1 saturated carbocycles. The van der Waals surface area contributed by atoms with Gasteiger partial charge in [0.15, 0.2) is 12.6 Å². The Morgan fingerprint density at radius 2 is 1.53 bits per heavy atom. The highest BCUT2D eigenvalue weighted by atomic mass is 16.7. The Balaban J connectivity index is 1.71. The molecule has 13 N–H and O–H groups in total. The first-order valence-electron chi connectivity index (χ1n) is 11.1. The van der Waals surface area contributed by atoms with Crippen LogP contribution in [0, 0.1) is 0 Å². The van der Waals surface area contributed by atoms with Gasteiger partial charge in [0.2, 0.25) is 5.91 Å². The molecule has 0 bridgehead atoms. The van der Waals surface area contributed by atoms with Crippen molar-refractivity contribution in [1.82, 2.24) is 5.32 Å². The number of carbonyl (C=O) groups excluding carboxylic acids is 1. The van der Waals surface area contributed by atoms with Gasteiger partial charge in [-0.1, -0.05) is 0 Å². The molecular weight excluding hydrogens is 460 g/mol. The number of hydrogen-bond donors (Lipinski definition) is 10. The van der Waals surface area contributed by atoms with Crippen LogP contribution < -0.4 is 22.5 Å². The third-order valence-corrected chi connectivity index (χ3v) is 6.43. The van der Waals surface area contributed by atoms with E-state index >= 15 is 0 Å². The highest BCUT2D eigenvalue weighted by molar-refractivity contribution is 5.73. The van der Waals surface area contributed by atoms with Gasteiger partial charge in [-0.3, -0.25) is 4.79 Å². The van der Waals surface area contributed by atoms with E-state index in [-0.39, 0.29) is 13.0 Å². The summed E-state index contributed by atoms with van der Waals surface area (Å²) in [6.07, 6.45) is -13.1. The van der Waals surface area contributed by atoms with E-state index in [2.05, 4.69) is 5.32 Å². The van der Waals surface area contributed by atoms with E-state index in [1.807, 2.05) is 0 Å². The van der Waals surface area contributed by atoms with Crippen LogP contribution in [-0.2, 0) is 23.7 Å². The summed E-state index contributed by atoms with van der Waals surface area (Å²) in [5.41, 5.74) is 18.2. The topological polar surface area (TPSA) is 265 Å². The van der Waals surface area contributed by atoms with E-state index in [1.54, 1.807) is 0 Å². The van der Waals surface area contributed by atoms with Gasteiger partial charge in [0.25, 0.3) is 0 Å². The predicted octanol–water partition coefficient (Wildman–Crippen LogP) is -6.47. The molecule has 15 nitrogen and oxygen atoms in total. The molecule has 0 radical (unpaired) electrons. The largest absolute Gasteiger partial charge is 0.394 e. The summed E-state index contributed by atoms with van der Waals surface area (Å²) in [6.45, 7) is 0.362. The smallest absolute Gasteiger partial charge is 0.217 e. The minimum atomic E-state index is -1.47. The molecule has 14 atom stereocenters. The van der Waals surface area contributed by atoms with Crippen LogP contribution in [0.1, 0.15) is 13.3 Å². The second kappa shape index (κ2) is 11.3. The normalized spacial score (nSPS) is 50.1. The first kappa shape index (κ1) is 27.5. The molecule has 2 heterocycles. The SMILES string of the molecule is CC(=O)NC1C(O)COC(OC2C(N)CC(N)C(OC3OC(CO)C(O)C(O)C3N)C2O)C1O. The van der Waals surface area contributed by atoms with Crippen molar-refractivity contribution in [3.63, 3.8) is 0 Å². The van der Waals surface area contributed by atoms with Crippen molar-refractivity contribution in [3.8, 4) is 0 Å². The van der Waals surface area contributed by atoms with Crippen molar-refractivity contribution in [2.75, 3.05) is 13.2 Å². The molecule has 34 heavy (non-hydrogen) atoms. The maximum atomic E-state index is 11.4. The zero-order valence-electron chi connectivity index (χ0n) is 18.7. The maximum Gasteiger partial charge on any atom is 0.217 e. The summed E-state index contributed by atoms with van der Waals surface area (Å²) in [4.78, 5) is 11.4. The monoisotopic (exact) mass is 496 g/mol. The van der Waals surface area contributed by atoms with Crippen LogP contribution in [0.5, 0.6) is 0 Å². The quantitative estimate of drug-likeness (QED) is 0.164. The molecule has 3 aliphatic rings. The van der Waals surface area contributed by atoms with E-state index in [0.717, 1.165) is 0 Å². The average molecular weight is 497 g/mol. The van der Waals surface area contributed by atoms with Crippen LogP contribution in [0.25, 0.3) is 0 Å². The lowest BCUT2D eigenvalue weighted by Gasteiger charge is -2.47. The minimum absolute atomic E-state index is 0.115. The third kappa shape index (κ3) is 5.67. The molecular formula is C19H36N4O11. The second-order valence-electron chi connectivity index (χ2n) is 9.03. The van der Waals surface area contributed by atoms with Crippen LogP contribution in [0.4, 0.5) is 0 Å². The number of amides is 1. The first-order chi connectivity index (χ1) is 16.0. The molecule has 0 aromatic rings. The number of aliphatic hydroxyl groups excluding tert-OH is 6. The molecule has 1 amide bonds. The summed E-state index contributed by atoms with van der Waals surface area (Å²) >= 11 is 0. The van der Waals surface area contributed by atoms with E-state index in [1.165, 1.54) is 6.92 Å². The highest BCUT2D eigenvalue weighted by Crippen LogP contribution is 2.30. The summed E-state index contributed by atoms with van der Waals surface area (Å²) in [5.74, 6) is -0.477. The van der Waals surface area contributed by atoms with Crippen LogP contribution in [0.2, 0.25) is 0 Å². The molecule has 15 heteroatoms. The summed E-state index contributed by atoms with van der Waals surface area (Å²) in [6, 6.07) is -3.89. The zero-order valence-corrected chi connectivity index (χ0v) is 18.7. The van der Waals surface area contributed by atoms with Crippen LogP contribution in [0.15, 0.2) is 0 Å². The van der Waals surface area contributed by atoms with Crippen molar-refractivity contribution < 1.29 is 54.4 Å². The van der Waals surface area contributed by atoms with Gasteiger partial charge >= 0.3 is 0 Å². The van der Waals surface area contributed by atoms with E-state index in [9.17, 15) is 35.4 Å². The van der Waals surface area contributed by atoms with Crippen molar-refractivity contribution in [2.45, 2.75) is 98.9 Å². The van der Waals surface area contributed by atoms with E-state index in [0.29, 0.717) is 0 Å². The van der Waals surface area contributed by atoms with Gasteiger partial charge in [-0.2, -0.15) is 0 Å². The maximum absolute atomic E-state index is 11.4. The Morgan fingerprint density at radius 3 is 2.09 bits per heavy atom. The molecule has 198 valence electrons. The van der Waals surface area contributed by atoms with E-state index in [4.69, 9.17) is 36.1 Å². The molecule has 1 aliphatic carbocycles. The lowest BCUT2D eigenvalue weighted by atomic mass is 9.84. The average Bonchev–Trinajstić information content (AvgIpc) is 2.77. The molecule has 3 fully saturated rings. The van der Waals surface area contributed by atoms with Crippen LogP contribution in [-0.4, -0.2) is 135 Å². The van der Waals surface area contributed by atoms with Gasteiger partial charge in [-0.25, -0.2) is 0 Å². The number of carbonyl (C=O) groups is 1. The molecule has 2 aliphatic heterocycles. The summed E-state index contributed by atoms with van der Waals surface area (Å²) < 4.78 is 22.3. The number of nitrogens with two attached hydrogens (primary N) is 3. The number of nitrogens with one attached hydrogen (secondary N) is 1. The lowest BCUT2D eigenvalue weighted by molar-refractivity contribution is -0.310. The third-order valence-electron chi connectivity index (χ3n) is 6.43. The number of ether oxygens (including phenoxy) is 4. The van der Waals surface area contributed by atoms with Gasteiger partial charge in [0.1, 0.15) is 48.8 Å². The fourth-order valence-electron chi connectivity index (χ4n) is 4.50. The number of aliphatic hydroxyl groups is 6. The van der Waals surface area contributed by atoms with Crippen molar-refractivity contribution in [3.05, 3.63) is 0 Å². The summed E-state index contributed by atoms with van der Waals surface area (Å²) in [5, 5.41) is 63.5. The minimum Gasteiger partial charge on any atom is -0.394 e. The molecule has 14 unspecified atom stereocenters. The Morgan fingerprint density at radius 1 is 0.941 bits per heavy atom. The van der Waals surface area contributed by atoms with Crippen LogP contribution >= 0.6 is 0 Å². The Kier molecular flexibility index (Phi) is 9.18. The number of hydrogen-bond acceptors (Lipinski definition) is 14. The molecule has 0 aromatic carbocycles. The Bertz CT molecular complexity index is 691. The Hall–Kier alpha value is -1.05. The molecule has 0 spiro atoms. The molecule has 2 saturated heterocycles. The van der Waals surface area contributed by atoms with Gasteiger partial charge in [-0.05, 0) is 6.42 Å². The second-order valence-corrected chi connectivity index (χ2v) is 9.03. The lowest BCUT2D eigenvalue weighted by Crippen LogP contribution is -2.68. The fourth-order valence-corrected chi connectivity index (χ4v) is 4.50. The highest BCUT2D eigenvalue weighted by Gasteiger charge is 2.50. The first-order valence-corrected chi connectivity index (χ1v) is 11.1. The van der Waals surface area contributed by atoms with Crippen molar-refractivity contribution >= 4 is 5.91 Å². The van der Waals surface area contributed by atoms with Gasteiger partial charge in [-0.15, -0.1) is 0 Å². The van der Waals surface area contributed by atoms with Crippen molar-refractivity contribution in [2.24, 2.45) is 17.2 Å². The van der Waals surface area contributed by atoms with Gasteiger partial charge < -0.3 is 72.1 Å².